The minimum absolute atomic E-state index is 0.0190. The number of methoxy groups -OCH3 is 2. The molecule has 0 radical (unpaired) electrons. The van der Waals surface area contributed by atoms with Gasteiger partial charge in [-0.3, -0.25) is 9.79 Å². The summed E-state index contributed by atoms with van der Waals surface area (Å²) in [5, 5.41) is 2.93. The first-order chi connectivity index (χ1) is 15.8. The highest BCUT2D eigenvalue weighted by Crippen LogP contribution is 2.57. The molecule has 174 valence electrons. The molecule has 1 aromatic carbocycles. The molecule has 1 amide bonds. The maximum Gasteiger partial charge on any atom is 0.416 e. The number of amides is 1. The van der Waals surface area contributed by atoms with E-state index >= 15 is 0 Å². The second-order valence-corrected chi connectivity index (χ2v) is 9.04. The number of fused-ring (bicyclic) bond motifs is 4. The van der Waals surface area contributed by atoms with Gasteiger partial charge in [-0.05, 0) is 31.4 Å². The fourth-order valence-corrected chi connectivity index (χ4v) is 5.75. The summed E-state index contributed by atoms with van der Waals surface area (Å²) in [5.41, 5.74) is -0.792. The van der Waals surface area contributed by atoms with Gasteiger partial charge in [-0.25, -0.2) is 9.97 Å². The number of benzene rings is 1. The monoisotopic (exact) mass is 480 g/mol. The van der Waals surface area contributed by atoms with Crippen molar-refractivity contribution in [3.63, 3.8) is 0 Å². The number of alkyl halides is 3. The third-order valence-electron chi connectivity index (χ3n) is 6.08. The van der Waals surface area contributed by atoms with Crippen molar-refractivity contribution in [3.05, 3.63) is 41.2 Å². The van der Waals surface area contributed by atoms with Gasteiger partial charge >= 0.3 is 6.18 Å². The maximum atomic E-state index is 13.2. The van der Waals surface area contributed by atoms with Gasteiger partial charge in [-0.1, -0.05) is 17.8 Å². The Bertz CT molecular complexity index is 1130. The van der Waals surface area contributed by atoms with Crippen LogP contribution in [0.5, 0.6) is 17.5 Å². The van der Waals surface area contributed by atoms with Crippen LogP contribution in [0.15, 0.2) is 29.5 Å². The molecule has 8 nitrogen and oxygen atoms in total. The van der Waals surface area contributed by atoms with Gasteiger partial charge in [-0.2, -0.15) is 13.2 Å². The number of carbonyl (C=O) groups excluding carboxylic acids is 1. The molecule has 5 rings (SSSR count). The lowest BCUT2D eigenvalue weighted by molar-refractivity contribution is -0.138. The first-order valence-electron chi connectivity index (χ1n) is 10.1. The highest BCUT2D eigenvalue weighted by molar-refractivity contribution is 8.14. The van der Waals surface area contributed by atoms with E-state index in [0.717, 1.165) is 18.6 Å². The lowest BCUT2D eigenvalue weighted by Crippen LogP contribution is -2.55. The predicted molar refractivity (Wildman–Crippen MR) is 113 cm³/mol. The van der Waals surface area contributed by atoms with E-state index in [4.69, 9.17) is 14.2 Å². The van der Waals surface area contributed by atoms with E-state index in [1.807, 2.05) is 0 Å². The Morgan fingerprint density at radius 3 is 2.48 bits per heavy atom. The van der Waals surface area contributed by atoms with Gasteiger partial charge in [0.2, 0.25) is 11.8 Å². The average molecular weight is 480 g/mol. The molecule has 1 spiro atoms. The molecular weight excluding hydrogens is 461 g/mol. The number of rotatable bonds is 3. The van der Waals surface area contributed by atoms with Crippen LogP contribution in [0.25, 0.3) is 0 Å². The molecule has 12 heteroatoms. The first kappa shape index (κ1) is 21.8. The molecule has 0 saturated heterocycles. The third-order valence-corrected chi connectivity index (χ3v) is 7.46. The standard InChI is InChI=1S/C21H19F3N4O4S/c1-30-17-13(18(31-2)26-9-25-17)16(29)28-19-27-14-11-5-4-10(21(22,23)24)8-12(11)32-20(6-3-7-20)15(14)33-19/h4-5,8-9,14-15H,3,6-7H2,1-2H3,(H,27,28,29). The van der Waals surface area contributed by atoms with E-state index in [-0.39, 0.29) is 28.3 Å². The van der Waals surface area contributed by atoms with Gasteiger partial charge in [0.05, 0.1) is 31.1 Å². The Morgan fingerprint density at radius 2 is 1.91 bits per heavy atom. The van der Waals surface area contributed by atoms with Crippen molar-refractivity contribution in [2.45, 2.75) is 42.3 Å². The minimum Gasteiger partial charge on any atom is -0.486 e. The number of hydrogen-bond acceptors (Lipinski definition) is 8. The molecule has 1 aliphatic carbocycles. The molecule has 1 N–H and O–H groups in total. The summed E-state index contributed by atoms with van der Waals surface area (Å²) in [6.07, 6.45) is -0.918. The van der Waals surface area contributed by atoms with E-state index in [1.54, 1.807) is 0 Å². The second-order valence-electron chi connectivity index (χ2n) is 7.91. The van der Waals surface area contributed by atoms with Crippen molar-refractivity contribution in [1.29, 1.82) is 0 Å². The number of thioether (sulfide) groups is 1. The van der Waals surface area contributed by atoms with Crippen LogP contribution in [0, 0.1) is 0 Å². The number of halogens is 3. The first-order valence-corrected chi connectivity index (χ1v) is 11.0. The second kappa shape index (κ2) is 7.79. The smallest absolute Gasteiger partial charge is 0.416 e. The summed E-state index contributed by atoms with van der Waals surface area (Å²) in [6.45, 7) is 0. The van der Waals surface area contributed by atoms with E-state index in [1.165, 1.54) is 38.4 Å². The fraction of sp³-hybridized carbons (Fsp3) is 0.429. The molecule has 33 heavy (non-hydrogen) atoms. The Kier molecular flexibility index (Phi) is 5.15. The van der Waals surface area contributed by atoms with Crippen molar-refractivity contribution < 1.29 is 32.2 Å². The summed E-state index contributed by atoms with van der Waals surface area (Å²) in [5.74, 6) is -0.277. The number of aromatic nitrogens is 2. The Hall–Kier alpha value is -3.02. The van der Waals surface area contributed by atoms with Gasteiger partial charge in [0.25, 0.3) is 5.91 Å². The van der Waals surface area contributed by atoms with Crippen molar-refractivity contribution in [3.8, 4) is 17.5 Å². The molecule has 3 heterocycles. The van der Waals surface area contributed by atoms with Crippen molar-refractivity contribution in [2.75, 3.05) is 14.2 Å². The Labute approximate surface area is 190 Å². The number of nitrogens with zero attached hydrogens (tertiary/aromatic N) is 3. The van der Waals surface area contributed by atoms with Crippen LogP contribution < -0.4 is 19.5 Å². The van der Waals surface area contributed by atoms with Crippen LogP contribution in [0.1, 0.15) is 46.8 Å². The van der Waals surface area contributed by atoms with Gasteiger partial charge in [0.15, 0.2) is 10.7 Å². The fourth-order valence-electron chi connectivity index (χ4n) is 4.35. The SMILES string of the molecule is COc1ncnc(OC)c1C(=O)NC1=NC2c3ccc(C(F)(F)F)cc3OC3(CCC3)C2S1. The van der Waals surface area contributed by atoms with Crippen molar-refractivity contribution >= 4 is 22.8 Å². The van der Waals surface area contributed by atoms with Crippen LogP contribution in [0.3, 0.4) is 0 Å². The quantitative estimate of drug-likeness (QED) is 0.715. The van der Waals surface area contributed by atoms with E-state index in [0.29, 0.717) is 23.6 Å². The molecule has 2 aromatic rings. The van der Waals surface area contributed by atoms with Gasteiger partial charge in [0, 0.05) is 5.56 Å². The lowest BCUT2D eigenvalue weighted by Gasteiger charge is -2.50. The summed E-state index contributed by atoms with van der Waals surface area (Å²) >= 11 is 1.35. The number of carbonyl (C=O) groups is 1. The van der Waals surface area contributed by atoms with E-state index in [9.17, 15) is 18.0 Å². The van der Waals surface area contributed by atoms with Gasteiger partial charge in [-0.15, -0.1) is 0 Å². The van der Waals surface area contributed by atoms with Crippen LogP contribution in [-0.4, -0.2) is 46.1 Å². The number of amidine groups is 1. The molecule has 1 saturated carbocycles. The molecule has 3 aliphatic rings. The van der Waals surface area contributed by atoms with Crippen LogP contribution >= 0.6 is 11.8 Å². The molecule has 1 aromatic heterocycles. The Balaban J connectivity index is 1.47. The zero-order chi connectivity index (χ0) is 23.4. The predicted octanol–water partition coefficient (Wildman–Crippen LogP) is 3.77. The zero-order valence-corrected chi connectivity index (χ0v) is 18.4. The number of nitrogens with one attached hydrogen (secondary N) is 1. The molecule has 2 aliphatic heterocycles. The molecular formula is C21H19F3N4O4S. The molecule has 2 unspecified atom stereocenters. The van der Waals surface area contributed by atoms with Crippen molar-refractivity contribution in [1.82, 2.24) is 15.3 Å². The van der Waals surface area contributed by atoms with E-state index in [2.05, 4.69) is 20.3 Å². The van der Waals surface area contributed by atoms with Crippen LogP contribution in [0.2, 0.25) is 0 Å². The van der Waals surface area contributed by atoms with Crippen LogP contribution in [-0.2, 0) is 6.18 Å². The highest BCUT2D eigenvalue weighted by Gasteiger charge is 2.57. The molecule has 1 fully saturated rings. The maximum absolute atomic E-state index is 13.2. The van der Waals surface area contributed by atoms with Crippen molar-refractivity contribution in [2.24, 2.45) is 4.99 Å². The summed E-state index contributed by atoms with van der Waals surface area (Å²) in [7, 11) is 2.75. The number of aliphatic imine (C=N–C) groups is 1. The average Bonchev–Trinajstić information content (AvgIpc) is 3.19. The number of hydrogen-bond donors (Lipinski definition) is 1. The van der Waals surface area contributed by atoms with Crippen LogP contribution in [0.4, 0.5) is 13.2 Å². The van der Waals surface area contributed by atoms with Gasteiger partial charge in [0.1, 0.15) is 17.7 Å². The zero-order valence-electron chi connectivity index (χ0n) is 17.6. The minimum atomic E-state index is -4.47. The van der Waals surface area contributed by atoms with Gasteiger partial charge < -0.3 is 19.5 Å². The lowest BCUT2D eigenvalue weighted by atomic mass is 9.72. The summed E-state index contributed by atoms with van der Waals surface area (Å²) in [4.78, 5) is 25.6. The molecule has 2 atom stereocenters. The van der Waals surface area contributed by atoms with E-state index < -0.39 is 29.3 Å². The number of ether oxygens (including phenoxy) is 3. The summed E-state index contributed by atoms with van der Waals surface area (Å²) < 4.78 is 56.2. The normalized spacial score (nSPS) is 22.4. The largest absolute Gasteiger partial charge is 0.486 e. The highest BCUT2D eigenvalue weighted by atomic mass is 32.2. The molecule has 0 bridgehead atoms. The third kappa shape index (κ3) is 3.56. The summed E-state index contributed by atoms with van der Waals surface area (Å²) in [6, 6.07) is 3.05. The Morgan fingerprint density at radius 1 is 1.21 bits per heavy atom. The topological polar surface area (TPSA) is 94.9 Å².